The average Bonchev–Trinajstić information content (AvgIpc) is 2.40. The number of ether oxygens (including phenoxy) is 1. The van der Waals surface area contributed by atoms with Crippen LogP contribution >= 0.6 is 0 Å². The van der Waals surface area contributed by atoms with Crippen LogP contribution in [0.15, 0.2) is 48.5 Å². The Morgan fingerprint density at radius 3 is 1.95 bits per heavy atom. The zero-order valence-electron chi connectivity index (χ0n) is 10.3. The van der Waals surface area contributed by atoms with Gasteiger partial charge >= 0.3 is 11.9 Å². The SMILES string of the molecule is Cc1ccc(C(=O)Oc2ccc(C(=O)O)cc2)cc1. The molecule has 2 aromatic carbocycles. The molecule has 0 aliphatic rings. The molecule has 0 radical (unpaired) electrons. The number of aryl methyl sites for hydroxylation is 1. The van der Waals surface area contributed by atoms with Crippen LogP contribution in [0.4, 0.5) is 0 Å². The van der Waals surface area contributed by atoms with Gasteiger partial charge in [-0.25, -0.2) is 9.59 Å². The third kappa shape index (κ3) is 3.19. The first-order valence-corrected chi connectivity index (χ1v) is 5.68. The van der Waals surface area contributed by atoms with Crippen LogP contribution < -0.4 is 4.74 Å². The molecule has 19 heavy (non-hydrogen) atoms. The summed E-state index contributed by atoms with van der Waals surface area (Å²) in [5, 5.41) is 8.75. The van der Waals surface area contributed by atoms with Crippen molar-refractivity contribution < 1.29 is 19.4 Å². The Kier molecular flexibility index (Phi) is 3.61. The first-order chi connectivity index (χ1) is 9.06. The second kappa shape index (κ2) is 5.35. The molecule has 2 aromatic rings. The molecule has 2 rings (SSSR count). The van der Waals surface area contributed by atoms with Crippen molar-refractivity contribution in [2.75, 3.05) is 0 Å². The van der Waals surface area contributed by atoms with Crippen LogP contribution in [0.5, 0.6) is 5.75 Å². The van der Waals surface area contributed by atoms with Gasteiger partial charge in [0.2, 0.25) is 0 Å². The summed E-state index contributed by atoms with van der Waals surface area (Å²) in [6, 6.07) is 12.7. The number of carbonyl (C=O) groups excluding carboxylic acids is 1. The molecule has 0 atom stereocenters. The van der Waals surface area contributed by atoms with Crippen molar-refractivity contribution >= 4 is 11.9 Å². The second-order valence-corrected chi connectivity index (χ2v) is 4.09. The molecular formula is C15H12O4. The minimum absolute atomic E-state index is 0.148. The van der Waals surface area contributed by atoms with Gasteiger partial charge in [-0.2, -0.15) is 0 Å². The standard InChI is InChI=1S/C15H12O4/c1-10-2-4-12(5-3-10)15(18)19-13-8-6-11(7-9-13)14(16)17/h2-9H,1H3,(H,16,17). The molecule has 0 aliphatic carbocycles. The summed E-state index contributed by atoms with van der Waals surface area (Å²) in [6.07, 6.45) is 0. The summed E-state index contributed by atoms with van der Waals surface area (Å²) in [5.41, 5.74) is 1.66. The lowest BCUT2D eigenvalue weighted by molar-refractivity contribution is 0.0696. The van der Waals surface area contributed by atoms with Gasteiger partial charge in [0.15, 0.2) is 0 Å². The van der Waals surface area contributed by atoms with Gasteiger partial charge in [-0.1, -0.05) is 17.7 Å². The molecule has 0 unspecified atom stereocenters. The number of esters is 1. The van der Waals surface area contributed by atoms with Gasteiger partial charge in [-0.05, 0) is 43.3 Å². The van der Waals surface area contributed by atoms with Crippen molar-refractivity contribution in [1.82, 2.24) is 0 Å². The van der Waals surface area contributed by atoms with Gasteiger partial charge in [0.25, 0.3) is 0 Å². The molecule has 4 nitrogen and oxygen atoms in total. The van der Waals surface area contributed by atoms with E-state index in [-0.39, 0.29) is 5.56 Å². The van der Waals surface area contributed by atoms with E-state index in [0.717, 1.165) is 5.56 Å². The number of hydrogen-bond donors (Lipinski definition) is 1. The minimum atomic E-state index is -1.02. The Morgan fingerprint density at radius 2 is 1.42 bits per heavy atom. The van der Waals surface area contributed by atoms with Crippen LogP contribution in [0.3, 0.4) is 0 Å². The van der Waals surface area contributed by atoms with Crippen LogP contribution in [0.25, 0.3) is 0 Å². The van der Waals surface area contributed by atoms with Gasteiger partial charge in [-0.3, -0.25) is 0 Å². The van der Waals surface area contributed by atoms with E-state index in [0.29, 0.717) is 11.3 Å². The van der Waals surface area contributed by atoms with E-state index < -0.39 is 11.9 Å². The lowest BCUT2D eigenvalue weighted by Crippen LogP contribution is -2.08. The van der Waals surface area contributed by atoms with E-state index in [2.05, 4.69) is 0 Å². The Balaban J connectivity index is 2.10. The monoisotopic (exact) mass is 256 g/mol. The fraction of sp³-hybridized carbons (Fsp3) is 0.0667. The number of hydrogen-bond acceptors (Lipinski definition) is 3. The molecule has 4 heteroatoms. The second-order valence-electron chi connectivity index (χ2n) is 4.09. The molecule has 96 valence electrons. The topological polar surface area (TPSA) is 63.6 Å². The summed E-state index contributed by atoms with van der Waals surface area (Å²) < 4.78 is 5.14. The summed E-state index contributed by atoms with van der Waals surface area (Å²) in [5.74, 6) is -1.17. The maximum absolute atomic E-state index is 11.8. The first kappa shape index (κ1) is 12.8. The lowest BCUT2D eigenvalue weighted by atomic mass is 10.1. The Morgan fingerprint density at radius 1 is 0.895 bits per heavy atom. The maximum atomic E-state index is 11.8. The molecular weight excluding hydrogens is 244 g/mol. The molecule has 0 fully saturated rings. The van der Waals surface area contributed by atoms with Gasteiger partial charge in [0.05, 0.1) is 11.1 Å². The number of aromatic carboxylic acids is 1. The van der Waals surface area contributed by atoms with Crippen molar-refractivity contribution in [3.63, 3.8) is 0 Å². The van der Waals surface area contributed by atoms with Gasteiger partial charge in [0.1, 0.15) is 5.75 Å². The van der Waals surface area contributed by atoms with Crippen molar-refractivity contribution in [1.29, 1.82) is 0 Å². The fourth-order valence-electron chi connectivity index (χ4n) is 1.52. The molecule has 0 aromatic heterocycles. The largest absolute Gasteiger partial charge is 0.478 e. The van der Waals surface area contributed by atoms with Gasteiger partial charge < -0.3 is 9.84 Å². The summed E-state index contributed by atoms with van der Waals surface area (Å²) in [6.45, 7) is 1.93. The summed E-state index contributed by atoms with van der Waals surface area (Å²) in [7, 11) is 0. The van der Waals surface area contributed by atoms with Gasteiger partial charge in [0, 0.05) is 0 Å². The maximum Gasteiger partial charge on any atom is 0.343 e. The molecule has 0 heterocycles. The van der Waals surface area contributed by atoms with E-state index in [1.54, 1.807) is 12.1 Å². The number of carboxylic acids is 1. The van der Waals surface area contributed by atoms with Crippen LogP contribution in [0, 0.1) is 6.92 Å². The number of carboxylic acid groups (broad SMARTS) is 1. The Bertz CT molecular complexity index is 597. The van der Waals surface area contributed by atoms with Crippen LogP contribution in [-0.2, 0) is 0 Å². The molecule has 0 aliphatic heterocycles. The van der Waals surface area contributed by atoms with E-state index in [9.17, 15) is 9.59 Å². The highest BCUT2D eigenvalue weighted by molar-refractivity contribution is 5.91. The van der Waals surface area contributed by atoms with Crippen molar-refractivity contribution in [2.45, 2.75) is 6.92 Å². The van der Waals surface area contributed by atoms with Crippen molar-refractivity contribution in [2.24, 2.45) is 0 Å². The van der Waals surface area contributed by atoms with E-state index in [1.807, 2.05) is 19.1 Å². The highest BCUT2D eigenvalue weighted by atomic mass is 16.5. The van der Waals surface area contributed by atoms with Crippen molar-refractivity contribution in [3.05, 3.63) is 65.2 Å². The third-order valence-electron chi connectivity index (χ3n) is 2.60. The highest BCUT2D eigenvalue weighted by Crippen LogP contribution is 2.14. The molecule has 0 amide bonds. The average molecular weight is 256 g/mol. The predicted molar refractivity (Wildman–Crippen MR) is 69.5 cm³/mol. The van der Waals surface area contributed by atoms with Gasteiger partial charge in [-0.15, -0.1) is 0 Å². The highest BCUT2D eigenvalue weighted by Gasteiger charge is 2.09. The molecule has 0 bridgehead atoms. The zero-order valence-corrected chi connectivity index (χ0v) is 10.3. The Labute approximate surface area is 110 Å². The molecule has 0 spiro atoms. The third-order valence-corrected chi connectivity index (χ3v) is 2.60. The fourth-order valence-corrected chi connectivity index (χ4v) is 1.52. The predicted octanol–water partition coefficient (Wildman–Crippen LogP) is 2.91. The smallest absolute Gasteiger partial charge is 0.343 e. The molecule has 0 saturated heterocycles. The molecule has 0 saturated carbocycles. The summed E-state index contributed by atoms with van der Waals surface area (Å²) >= 11 is 0. The van der Waals surface area contributed by atoms with Crippen LogP contribution in [-0.4, -0.2) is 17.0 Å². The zero-order chi connectivity index (χ0) is 13.8. The van der Waals surface area contributed by atoms with E-state index in [4.69, 9.17) is 9.84 Å². The number of rotatable bonds is 3. The normalized spacial score (nSPS) is 9.95. The van der Waals surface area contributed by atoms with E-state index >= 15 is 0 Å². The van der Waals surface area contributed by atoms with Crippen LogP contribution in [0.1, 0.15) is 26.3 Å². The Hall–Kier alpha value is -2.62. The number of benzene rings is 2. The van der Waals surface area contributed by atoms with Crippen LogP contribution in [0.2, 0.25) is 0 Å². The first-order valence-electron chi connectivity index (χ1n) is 5.68. The quantitative estimate of drug-likeness (QED) is 0.677. The van der Waals surface area contributed by atoms with Crippen molar-refractivity contribution in [3.8, 4) is 5.75 Å². The van der Waals surface area contributed by atoms with E-state index in [1.165, 1.54) is 24.3 Å². The lowest BCUT2D eigenvalue weighted by Gasteiger charge is -2.04. The molecule has 1 N–H and O–H groups in total. The number of carbonyl (C=O) groups is 2. The summed E-state index contributed by atoms with van der Waals surface area (Å²) in [4.78, 5) is 22.5. The minimum Gasteiger partial charge on any atom is -0.478 e.